The average molecular weight is 461 g/mol. The molecule has 0 bridgehead atoms. The Morgan fingerprint density at radius 1 is 0.938 bits per heavy atom. The van der Waals surface area contributed by atoms with E-state index < -0.39 is 44.7 Å². The van der Waals surface area contributed by atoms with E-state index in [1.807, 2.05) is 0 Å². The van der Waals surface area contributed by atoms with Gasteiger partial charge in [-0.2, -0.15) is 0 Å². The number of benzene rings is 3. The number of para-hydroxylation sites is 2. The van der Waals surface area contributed by atoms with Gasteiger partial charge in [-0.3, -0.25) is 14.3 Å². The Morgan fingerprint density at radius 2 is 1.66 bits per heavy atom. The van der Waals surface area contributed by atoms with Crippen molar-refractivity contribution in [3.8, 4) is 5.75 Å². The van der Waals surface area contributed by atoms with E-state index in [9.17, 15) is 26.8 Å². The van der Waals surface area contributed by atoms with Crippen molar-refractivity contribution in [2.24, 2.45) is 5.73 Å². The molecule has 0 unspecified atom stereocenters. The second-order valence-corrected chi connectivity index (χ2v) is 8.15. The molecule has 166 valence electrons. The first-order valence-corrected chi connectivity index (χ1v) is 10.5. The third kappa shape index (κ3) is 4.83. The largest absolute Gasteiger partial charge is 0.495 e. The highest BCUT2D eigenvalue weighted by molar-refractivity contribution is 7.92. The molecule has 0 saturated heterocycles. The molecule has 4 N–H and O–H groups in total. The maximum Gasteiger partial charge on any atom is 0.262 e. The third-order valence-corrected chi connectivity index (χ3v) is 5.69. The molecule has 0 atom stereocenters. The average Bonchev–Trinajstić information content (AvgIpc) is 2.75. The van der Waals surface area contributed by atoms with Crippen LogP contribution in [-0.2, 0) is 10.0 Å². The number of hydrogen-bond donors (Lipinski definition) is 3. The predicted octanol–water partition coefficient (Wildman–Crippen LogP) is 3.13. The minimum Gasteiger partial charge on any atom is -0.495 e. The highest BCUT2D eigenvalue weighted by atomic mass is 32.2. The van der Waals surface area contributed by atoms with Crippen LogP contribution < -0.4 is 20.5 Å². The minimum atomic E-state index is -4.10. The van der Waals surface area contributed by atoms with Gasteiger partial charge in [0.1, 0.15) is 17.4 Å². The monoisotopic (exact) mass is 461 g/mol. The first-order chi connectivity index (χ1) is 15.1. The first kappa shape index (κ1) is 22.7. The van der Waals surface area contributed by atoms with Crippen molar-refractivity contribution in [3.63, 3.8) is 0 Å². The molecule has 0 aliphatic heterocycles. The number of amides is 2. The van der Waals surface area contributed by atoms with Gasteiger partial charge in [-0.25, -0.2) is 17.2 Å². The van der Waals surface area contributed by atoms with Gasteiger partial charge in [0.2, 0.25) is 0 Å². The van der Waals surface area contributed by atoms with E-state index in [2.05, 4.69) is 10.0 Å². The molecule has 0 aromatic heterocycles. The number of primary amides is 1. The first-order valence-electron chi connectivity index (χ1n) is 8.98. The number of carbonyl (C=O) groups is 2. The summed E-state index contributed by atoms with van der Waals surface area (Å²) < 4.78 is 60.7. The lowest BCUT2D eigenvalue weighted by atomic mass is 10.1. The molecule has 32 heavy (non-hydrogen) atoms. The molecule has 0 heterocycles. The maximum atomic E-state index is 14.0. The number of rotatable bonds is 7. The fraction of sp³-hybridized carbons (Fsp3) is 0.0476. The van der Waals surface area contributed by atoms with Gasteiger partial charge in [-0.1, -0.05) is 18.2 Å². The van der Waals surface area contributed by atoms with Crippen LogP contribution in [0.5, 0.6) is 5.75 Å². The zero-order chi connectivity index (χ0) is 23.5. The number of anilines is 2. The molecule has 3 aromatic carbocycles. The predicted molar refractivity (Wildman–Crippen MR) is 113 cm³/mol. The fourth-order valence-corrected chi connectivity index (χ4v) is 3.88. The molecule has 3 rings (SSSR count). The Balaban J connectivity index is 1.88. The highest BCUT2D eigenvalue weighted by Crippen LogP contribution is 2.26. The molecule has 0 spiro atoms. The van der Waals surface area contributed by atoms with Crippen molar-refractivity contribution in [2.45, 2.75) is 4.90 Å². The van der Waals surface area contributed by atoms with Crippen molar-refractivity contribution in [2.75, 3.05) is 17.1 Å². The van der Waals surface area contributed by atoms with Crippen LogP contribution in [0.2, 0.25) is 0 Å². The Kier molecular flexibility index (Phi) is 6.40. The van der Waals surface area contributed by atoms with Gasteiger partial charge in [-0.15, -0.1) is 0 Å². The summed E-state index contributed by atoms with van der Waals surface area (Å²) in [5.41, 5.74) is 3.99. The molecule has 8 nitrogen and oxygen atoms in total. The summed E-state index contributed by atoms with van der Waals surface area (Å²) in [6, 6.07) is 12.5. The zero-order valence-electron chi connectivity index (χ0n) is 16.6. The summed E-state index contributed by atoms with van der Waals surface area (Å²) in [5.74, 6) is -4.05. The number of sulfonamides is 1. The van der Waals surface area contributed by atoms with E-state index in [1.54, 1.807) is 18.2 Å². The lowest BCUT2D eigenvalue weighted by Crippen LogP contribution is -2.18. The van der Waals surface area contributed by atoms with Crippen LogP contribution in [0.3, 0.4) is 0 Å². The van der Waals surface area contributed by atoms with Crippen LogP contribution in [0.15, 0.2) is 65.6 Å². The van der Waals surface area contributed by atoms with Crippen LogP contribution in [-0.4, -0.2) is 27.3 Å². The fourth-order valence-electron chi connectivity index (χ4n) is 2.77. The normalized spacial score (nSPS) is 11.0. The summed E-state index contributed by atoms with van der Waals surface area (Å²) in [6.45, 7) is 0. The quantitative estimate of drug-likeness (QED) is 0.498. The third-order valence-electron chi connectivity index (χ3n) is 4.33. The van der Waals surface area contributed by atoms with Crippen LogP contribution in [0.1, 0.15) is 20.7 Å². The second kappa shape index (κ2) is 9.02. The van der Waals surface area contributed by atoms with Crippen molar-refractivity contribution < 1.29 is 31.5 Å². The van der Waals surface area contributed by atoms with Crippen molar-refractivity contribution in [1.29, 1.82) is 0 Å². The number of halogens is 2. The summed E-state index contributed by atoms with van der Waals surface area (Å²) in [5, 5.41) is 2.17. The lowest BCUT2D eigenvalue weighted by Gasteiger charge is -2.13. The molecule has 3 aromatic rings. The van der Waals surface area contributed by atoms with E-state index in [1.165, 1.54) is 31.4 Å². The van der Waals surface area contributed by atoms with Gasteiger partial charge in [0, 0.05) is 11.6 Å². The number of nitrogens with one attached hydrogen (secondary N) is 2. The topological polar surface area (TPSA) is 128 Å². The van der Waals surface area contributed by atoms with Gasteiger partial charge in [0.15, 0.2) is 0 Å². The van der Waals surface area contributed by atoms with E-state index >= 15 is 0 Å². The molecule has 0 saturated carbocycles. The van der Waals surface area contributed by atoms with Crippen molar-refractivity contribution in [3.05, 3.63) is 83.4 Å². The smallest absolute Gasteiger partial charge is 0.262 e. The molecule has 0 aliphatic rings. The lowest BCUT2D eigenvalue weighted by molar-refractivity contribution is 0.0992. The van der Waals surface area contributed by atoms with Crippen LogP contribution in [0.4, 0.5) is 20.2 Å². The Morgan fingerprint density at radius 3 is 2.34 bits per heavy atom. The Bertz CT molecular complexity index is 1310. The highest BCUT2D eigenvalue weighted by Gasteiger charge is 2.20. The van der Waals surface area contributed by atoms with Crippen LogP contribution in [0.25, 0.3) is 0 Å². The summed E-state index contributed by atoms with van der Waals surface area (Å²) in [4.78, 5) is 23.6. The Hall–Kier alpha value is -3.99. The Labute approximate surface area is 182 Å². The van der Waals surface area contributed by atoms with E-state index in [0.717, 1.165) is 12.1 Å². The molecule has 2 amide bonds. The molecule has 11 heteroatoms. The number of nitrogens with two attached hydrogens (primary N) is 1. The molecule has 0 aliphatic carbocycles. The summed E-state index contributed by atoms with van der Waals surface area (Å²) in [7, 11) is -2.72. The maximum absolute atomic E-state index is 14.0. The number of carbonyl (C=O) groups excluding carboxylic acids is 2. The second-order valence-electron chi connectivity index (χ2n) is 6.46. The van der Waals surface area contributed by atoms with E-state index in [4.69, 9.17) is 10.5 Å². The molecular weight excluding hydrogens is 444 g/mol. The molecule has 0 radical (unpaired) electrons. The van der Waals surface area contributed by atoms with E-state index in [0.29, 0.717) is 11.8 Å². The van der Waals surface area contributed by atoms with Gasteiger partial charge >= 0.3 is 0 Å². The number of methoxy groups -OCH3 is 1. The number of ether oxygens (including phenoxy) is 1. The van der Waals surface area contributed by atoms with Crippen LogP contribution >= 0.6 is 0 Å². The van der Waals surface area contributed by atoms with Gasteiger partial charge < -0.3 is 15.8 Å². The number of hydrogen-bond acceptors (Lipinski definition) is 5. The van der Waals surface area contributed by atoms with Gasteiger partial charge in [0.25, 0.3) is 21.8 Å². The summed E-state index contributed by atoms with van der Waals surface area (Å²) in [6.07, 6.45) is 0. The van der Waals surface area contributed by atoms with Crippen LogP contribution in [0, 0.1) is 11.6 Å². The minimum absolute atomic E-state index is 0.128. The standard InChI is InChI=1S/C21H17F2N3O5S/c1-31-19-8-3-2-7-17(19)26-32(29,30)13-6-4-5-12(9-13)21(28)25-18-10-14(20(24)27)15(22)11-16(18)23/h2-11,26H,1H3,(H2,24,27)(H,25,28). The van der Waals surface area contributed by atoms with E-state index in [-0.39, 0.29) is 16.1 Å². The van der Waals surface area contributed by atoms with Gasteiger partial charge in [-0.05, 0) is 36.4 Å². The van der Waals surface area contributed by atoms with Gasteiger partial charge in [0.05, 0.1) is 28.9 Å². The zero-order valence-corrected chi connectivity index (χ0v) is 17.4. The summed E-state index contributed by atoms with van der Waals surface area (Å²) >= 11 is 0. The molecule has 0 fully saturated rings. The SMILES string of the molecule is COc1ccccc1NS(=O)(=O)c1cccc(C(=O)Nc2cc(C(N)=O)c(F)cc2F)c1. The van der Waals surface area contributed by atoms with Crippen molar-refractivity contribution in [1.82, 2.24) is 0 Å². The van der Waals surface area contributed by atoms with Crippen molar-refractivity contribution >= 4 is 33.2 Å². The molecular formula is C21H17F2N3O5S.